The lowest BCUT2D eigenvalue weighted by Gasteiger charge is -2.15. The van der Waals surface area contributed by atoms with E-state index in [1.165, 1.54) is 0 Å². The number of carbonyl (C=O) groups excluding carboxylic acids is 3. The minimum Gasteiger partial charge on any atom is -0.352 e. The molecule has 7 nitrogen and oxygen atoms in total. The van der Waals surface area contributed by atoms with E-state index in [0.29, 0.717) is 18.7 Å². The molecule has 3 amide bonds. The first-order valence-corrected chi connectivity index (χ1v) is 8.02. The summed E-state index contributed by atoms with van der Waals surface area (Å²) in [4.78, 5) is 35.0. The molecule has 0 saturated heterocycles. The summed E-state index contributed by atoms with van der Waals surface area (Å²) in [6.07, 6.45) is 0. The molecule has 0 fully saturated rings. The first-order chi connectivity index (χ1) is 11.3. The van der Waals surface area contributed by atoms with E-state index in [1.54, 1.807) is 24.3 Å². The lowest BCUT2D eigenvalue weighted by Crippen LogP contribution is -2.47. The summed E-state index contributed by atoms with van der Waals surface area (Å²) >= 11 is 0. The lowest BCUT2D eigenvalue weighted by molar-refractivity contribution is -0.127. The third kappa shape index (κ3) is 6.37. The Kier molecular flexibility index (Phi) is 7.91. The first-order valence-electron chi connectivity index (χ1n) is 8.02. The quantitative estimate of drug-likeness (QED) is 0.542. The maximum Gasteiger partial charge on any atom is 0.251 e. The van der Waals surface area contributed by atoms with Gasteiger partial charge >= 0.3 is 0 Å². The van der Waals surface area contributed by atoms with Crippen LogP contribution in [0.15, 0.2) is 24.3 Å². The van der Waals surface area contributed by atoms with Crippen LogP contribution in [-0.4, -0.2) is 36.9 Å². The first kappa shape index (κ1) is 19.6. The van der Waals surface area contributed by atoms with Gasteiger partial charge in [-0.2, -0.15) is 0 Å². The monoisotopic (exact) mass is 334 g/mol. The molecule has 1 aromatic carbocycles. The summed E-state index contributed by atoms with van der Waals surface area (Å²) in [6, 6.07) is 6.34. The second-order valence-corrected chi connectivity index (χ2v) is 5.82. The Morgan fingerprint density at radius 1 is 1.04 bits per heavy atom. The van der Waals surface area contributed by atoms with Crippen molar-refractivity contribution in [1.29, 1.82) is 0 Å². The maximum absolute atomic E-state index is 11.7. The van der Waals surface area contributed by atoms with Gasteiger partial charge in [0.1, 0.15) is 0 Å². The zero-order chi connectivity index (χ0) is 18.1. The van der Waals surface area contributed by atoms with Gasteiger partial charge in [-0.3, -0.25) is 14.4 Å². The van der Waals surface area contributed by atoms with Crippen LogP contribution in [0.2, 0.25) is 0 Å². The molecule has 132 valence electrons. The molecule has 0 aliphatic rings. The van der Waals surface area contributed by atoms with Crippen molar-refractivity contribution < 1.29 is 14.4 Å². The minimum absolute atomic E-state index is 0.0106. The minimum atomic E-state index is -0.625. The van der Waals surface area contributed by atoms with Gasteiger partial charge in [0.2, 0.25) is 11.8 Å². The molecule has 1 aromatic rings. The van der Waals surface area contributed by atoms with Crippen LogP contribution in [0.4, 0.5) is 0 Å². The van der Waals surface area contributed by atoms with Gasteiger partial charge in [0.05, 0.1) is 12.6 Å². The average molecular weight is 334 g/mol. The molecule has 7 heteroatoms. The van der Waals surface area contributed by atoms with Crippen molar-refractivity contribution in [3.05, 3.63) is 35.4 Å². The molecule has 0 spiro atoms. The number of carbonyl (C=O) groups is 3. The van der Waals surface area contributed by atoms with E-state index in [2.05, 4.69) is 16.0 Å². The number of amides is 3. The molecule has 1 atom stereocenters. The van der Waals surface area contributed by atoms with Crippen LogP contribution in [0.1, 0.15) is 36.7 Å². The number of hydrogen-bond acceptors (Lipinski definition) is 4. The summed E-state index contributed by atoms with van der Waals surface area (Å²) in [5.41, 5.74) is 7.13. The van der Waals surface area contributed by atoms with Crippen LogP contribution in [0.3, 0.4) is 0 Å². The Balaban J connectivity index is 2.39. The highest BCUT2D eigenvalue weighted by Gasteiger charge is 2.17. The molecule has 0 unspecified atom stereocenters. The highest BCUT2D eigenvalue weighted by Crippen LogP contribution is 2.04. The van der Waals surface area contributed by atoms with E-state index in [9.17, 15) is 14.4 Å². The summed E-state index contributed by atoms with van der Waals surface area (Å²) in [5, 5.41) is 7.93. The fourth-order valence-corrected chi connectivity index (χ4v) is 1.89. The third-order valence-corrected chi connectivity index (χ3v) is 3.49. The van der Waals surface area contributed by atoms with Gasteiger partial charge in [-0.25, -0.2) is 0 Å². The van der Waals surface area contributed by atoms with Crippen molar-refractivity contribution in [2.45, 2.75) is 33.4 Å². The maximum atomic E-state index is 11.7. The molecule has 1 rings (SSSR count). The van der Waals surface area contributed by atoms with Crippen molar-refractivity contribution in [3.63, 3.8) is 0 Å². The molecule has 0 aromatic heterocycles. The molecule has 0 heterocycles. The number of rotatable bonds is 8. The van der Waals surface area contributed by atoms with Gasteiger partial charge in [-0.15, -0.1) is 0 Å². The molecule has 0 radical (unpaired) electrons. The molecular formula is C17H26N4O3. The molecular weight excluding hydrogens is 308 g/mol. The fraction of sp³-hybridized carbons (Fsp3) is 0.471. The number of nitrogens with two attached hydrogens (primary N) is 1. The van der Waals surface area contributed by atoms with E-state index < -0.39 is 6.04 Å². The van der Waals surface area contributed by atoms with E-state index >= 15 is 0 Å². The Hall–Kier alpha value is -2.41. The topological polar surface area (TPSA) is 113 Å². The van der Waals surface area contributed by atoms with E-state index in [4.69, 9.17) is 5.73 Å². The van der Waals surface area contributed by atoms with Gasteiger partial charge in [-0.05, 0) is 30.5 Å². The predicted octanol–water partition coefficient (Wildman–Crippen LogP) is 0.152. The van der Waals surface area contributed by atoms with Gasteiger partial charge in [0.25, 0.3) is 5.91 Å². The van der Waals surface area contributed by atoms with Crippen molar-refractivity contribution in [2.24, 2.45) is 11.7 Å². The van der Waals surface area contributed by atoms with E-state index in [-0.39, 0.29) is 30.2 Å². The number of hydrogen-bond donors (Lipinski definition) is 4. The second-order valence-electron chi connectivity index (χ2n) is 5.82. The molecule has 24 heavy (non-hydrogen) atoms. The lowest BCUT2D eigenvalue weighted by atomic mass is 10.1. The number of nitrogens with one attached hydrogen (secondary N) is 3. The Morgan fingerprint density at radius 3 is 2.21 bits per heavy atom. The van der Waals surface area contributed by atoms with Crippen LogP contribution in [0, 0.1) is 5.92 Å². The fourth-order valence-electron chi connectivity index (χ4n) is 1.89. The molecule has 5 N–H and O–H groups in total. The molecule has 0 saturated carbocycles. The Bertz CT molecular complexity index is 570. The van der Waals surface area contributed by atoms with E-state index in [0.717, 1.165) is 5.56 Å². The van der Waals surface area contributed by atoms with Gasteiger partial charge < -0.3 is 21.7 Å². The van der Waals surface area contributed by atoms with Gasteiger partial charge in [0, 0.05) is 18.7 Å². The second kappa shape index (κ2) is 9.67. The van der Waals surface area contributed by atoms with Crippen LogP contribution in [0.25, 0.3) is 0 Å². The Labute approximate surface area is 142 Å². The van der Waals surface area contributed by atoms with Gasteiger partial charge in [0.15, 0.2) is 0 Å². The summed E-state index contributed by atoms with van der Waals surface area (Å²) < 4.78 is 0. The Morgan fingerprint density at radius 2 is 1.67 bits per heavy atom. The average Bonchev–Trinajstić information content (AvgIpc) is 2.57. The molecule has 0 aliphatic heterocycles. The smallest absolute Gasteiger partial charge is 0.251 e. The zero-order valence-corrected chi connectivity index (χ0v) is 14.4. The number of benzene rings is 1. The summed E-state index contributed by atoms with van der Waals surface area (Å²) in [6.45, 7) is 6.32. The zero-order valence-electron chi connectivity index (χ0n) is 14.4. The van der Waals surface area contributed by atoms with Crippen LogP contribution in [-0.2, 0) is 16.1 Å². The van der Waals surface area contributed by atoms with Crippen molar-refractivity contribution in [1.82, 2.24) is 16.0 Å². The molecule has 0 aliphatic carbocycles. The van der Waals surface area contributed by atoms with Crippen LogP contribution >= 0.6 is 0 Å². The SMILES string of the molecule is CCNC(=O)c1ccc(CNC(=O)CNC(=O)[C@@H](N)C(C)C)cc1. The van der Waals surface area contributed by atoms with Crippen molar-refractivity contribution >= 4 is 17.7 Å². The van der Waals surface area contributed by atoms with Crippen molar-refractivity contribution in [2.75, 3.05) is 13.1 Å². The molecule has 0 bridgehead atoms. The standard InChI is InChI=1S/C17H26N4O3/c1-4-19-16(23)13-7-5-12(6-8-13)9-20-14(22)10-21-17(24)15(18)11(2)3/h5-8,11,15H,4,9-10,18H2,1-3H3,(H,19,23)(H,20,22)(H,21,24)/t15-/m0/s1. The third-order valence-electron chi connectivity index (χ3n) is 3.49. The van der Waals surface area contributed by atoms with Gasteiger partial charge in [-0.1, -0.05) is 26.0 Å². The summed E-state index contributed by atoms with van der Waals surface area (Å²) in [5.74, 6) is -0.757. The normalized spacial score (nSPS) is 11.7. The predicted molar refractivity (Wildman–Crippen MR) is 92.1 cm³/mol. The highest BCUT2D eigenvalue weighted by molar-refractivity contribution is 5.94. The van der Waals surface area contributed by atoms with Crippen LogP contribution in [0.5, 0.6) is 0 Å². The van der Waals surface area contributed by atoms with E-state index in [1.807, 2.05) is 20.8 Å². The van der Waals surface area contributed by atoms with Crippen molar-refractivity contribution in [3.8, 4) is 0 Å². The largest absolute Gasteiger partial charge is 0.352 e. The highest BCUT2D eigenvalue weighted by atomic mass is 16.2. The summed E-state index contributed by atoms with van der Waals surface area (Å²) in [7, 11) is 0. The van der Waals surface area contributed by atoms with Crippen LogP contribution < -0.4 is 21.7 Å².